The van der Waals surface area contributed by atoms with Crippen LogP contribution >= 0.6 is 0 Å². The zero-order chi connectivity index (χ0) is 19.8. The summed E-state index contributed by atoms with van der Waals surface area (Å²) < 4.78 is 0. The molecule has 0 radical (unpaired) electrons. The Morgan fingerprint density at radius 3 is 2.32 bits per heavy atom. The highest BCUT2D eigenvalue weighted by Gasteiger charge is 2.02. The van der Waals surface area contributed by atoms with Gasteiger partial charge in [-0.3, -0.25) is 0 Å². The van der Waals surface area contributed by atoms with Gasteiger partial charge in [0.15, 0.2) is 0 Å². The van der Waals surface area contributed by atoms with E-state index in [0.717, 1.165) is 27.8 Å². The van der Waals surface area contributed by atoms with E-state index < -0.39 is 5.97 Å². The normalized spacial score (nSPS) is 10.5. The number of allylic oxidation sites excluding steroid dienone is 1. The van der Waals surface area contributed by atoms with E-state index >= 15 is 0 Å². The van der Waals surface area contributed by atoms with Crippen LogP contribution in [0.3, 0.4) is 0 Å². The summed E-state index contributed by atoms with van der Waals surface area (Å²) in [4.78, 5) is 10.9. The molecule has 0 fully saturated rings. The molecule has 0 saturated heterocycles. The van der Waals surface area contributed by atoms with Crippen LogP contribution in [-0.4, -0.2) is 22.8 Å². The van der Waals surface area contributed by atoms with E-state index in [2.05, 4.69) is 30.0 Å². The monoisotopic (exact) mass is 368 g/mol. The van der Waals surface area contributed by atoms with Crippen LogP contribution in [0.5, 0.6) is 0 Å². The van der Waals surface area contributed by atoms with Crippen molar-refractivity contribution in [3.63, 3.8) is 0 Å². The van der Waals surface area contributed by atoms with Crippen molar-refractivity contribution in [1.29, 1.82) is 0 Å². The van der Waals surface area contributed by atoms with Crippen molar-refractivity contribution < 1.29 is 15.0 Å². The van der Waals surface area contributed by atoms with Crippen LogP contribution in [0.4, 0.5) is 0 Å². The maximum absolute atomic E-state index is 10.9. The van der Waals surface area contributed by atoms with Crippen molar-refractivity contribution >= 4 is 12.0 Å². The first kappa shape index (κ1) is 19.2. The summed E-state index contributed by atoms with van der Waals surface area (Å²) in [6.45, 7) is 0.149. The van der Waals surface area contributed by atoms with E-state index in [1.165, 1.54) is 0 Å². The van der Waals surface area contributed by atoms with E-state index in [1.54, 1.807) is 30.3 Å². The Labute approximate surface area is 164 Å². The van der Waals surface area contributed by atoms with Crippen LogP contribution in [0.1, 0.15) is 27.0 Å². The number of aliphatic hydroxyl groups excluding tert-OH is 1. The first-order chi connectivity index (χ1) is 13.7. The highest BCUT2D eigenvalue weighted by atomic mass is 16.4. The molecule has 3 aromatic carbocycles. The lowest BCUT2D eigenvalue weighted by molar-refractivity contribution is 0.0697. The molecule has 3 rings (SSSR count). The van der Waals surface area contributed by atoms with Gasteiger partial charge in [-0.05, 0) is 65.1 Å². The molecular formula is C25H20O3. The Morgan fingerprint density at radius 2 is 1.64 bits per heavy atom. The van der Waals surface area contributed by atoms with Crippen LogP contribution in [0, 0.1) is 11.8 Å². The summed E-state index contributed by atoms with van der Waals surface area (Å²) >= 11 is 0. The molecule has 0 aromatic heterocycles. The number of benzene rings is 3. The number of hydrogen-bond donors (Lipinski definition) is 2. The topological polar surface area (TPSA) is 57.5 Å². The fourth-order valence-electron chi connectivity index (χ4n) is 2.84. The first-order valence-electron chi connectivity index (χ1n) is 8.98. The lowest BCUT2D eigenvalue weighted by atomic mass is 9.98. The molecule has 0 unspecified atom stereocenters. The summed E-state index contributed by atoms with van der Waals surface area (Å²) in [7, 11) is 0. The maximum Gasteiger partial charge on any atom is 0.335 e. The van der Waals surface area contributed by atoms with Gasteiger partial charge in [0.05, 0.1) is 5.56 Å². The minimum atomic E-state index is -0.944. The molecule has 3 heteroatoms. The molecule has 3 aromatic rings. The van der Waals surface area contributed by atoms with Crippen LogP contribution in [0.2, 0.25) is 0 Å². The molecule has 138 valence electrons. The summed E-state index contributed by atoms with van der Waals surface area (Å²) in [6.07, 6.45) is 4.42. The Hall–Kier alpha value is -3.61. The number of carboxylic acid groups (broad SMARTS) is 1. The van der Waals surface area contributed by atoms with Crippen molar-refractivity contribution in [2.75, 3.05) is 6.61 Å². The molecule has 3 nitrogen and oxygen atoms in total. The first-order valence-corrected chi connectivity index (χ1v) is 8.98. The maximum atomic E-state index is 10.9. The van der Waals surface area contributed by atoms with Crippen LogP contribution in [0.15, 0.2) is 78.9 Å². The molecule has 0 aliphatic heterocycles. The minimum absolute atomic E-state index is 0.149. The second kappa shape index (κ2) is 9.36. The van der Waals surface area contributed by atoms with Gasteiger partial charge in [0.1, 0.15) is 0 Å². The van der Waals surface area contributed by atoms with E-state index in [4.69, 9.17) is 10.2 Å². The van der Waals surface area contributed by atoms with Crippen molar-refractivity contribution in [2.45, 2.75) is 6.42 Å². The standard InChI is InChI=1S/C25H20O3/c26-18-17-20-9-13-22(14-10-20)24-8-4-3-7-21(24)6-2-1-5-19-11-15-23(16-12-19)25(27)28/h2-4,6-16,26H,17-18H2,(H,27,28)/b6-2+. The quantitative estimate of drug-likeness (QED) is 0.645. The van der Waals surface area contributed by atoms with Crippen LogP contribution in [-0.2, 0) is 6.42 Å². The Morgan fingerprint density at radius 1 is 0.929 bits per heavy atom. The van der Waals surface area contributed by atoms with Gasteiger partial charge in [0.2, 0.25) is 0 Å². The highest BCUT2D eigenvalue weighted by Crippen LogP contribution is 2.25. The van der Waals surface area contributed by atoms with Gasteiger partial charge in [0.25, 0.3) is 0 Å². The molecular weight excluding hydrogens is 348 g/mol. The van der Waals surface area contributed by atoms with Gasteiger partial charge in [-0.2, -0.15) is 0 Å². The minimum Gasteiger partial charge on any atom is -0.478 e. The van der Waals surface area contributed by atoms with Gasteiger partial charge >= 0.3 is 5.97 Å². The Bertz CT molecular complexity index is 1030. The van der Waals surface area contributed by atoms with E-state index in [0.29, 0.717) is 6.42 Å². The van der Waals surface area contributed by atoms with Gasteiger partial charge in [-0.25, -0.2) is 4.79 Å². The molecule has 0 spiro atoms. The van der Waals surface area contributed by atoms with Crippen molar-refractivity contribution in [3.8, 4) is 23.0 Å². The number of aliphatic hydroxyl groups is 1. The third-order valence-electron chi connectivity index (χ3n) is 4.32. The molecule has 0 bridgehead atoms. The fourth-order valence-corrected chi connectivity index (χ4v) is 2.84. The van der Waals surface area contributed by atoms with Gasteiger partial charge in [-0.1, -0.05) is 60.4 Å². The average Bonchev–Trinajstić information content (AvgIpc) is 2.73. The lowest BCUT2D eigenvalue weighted by Gasteiger charge is -2.07. The van der Waals surface area contributed by atoms with Crippen LogP contribution < -0.4 is 0 Å². The molecule has 28 heavy (non-hydrogen) atoms. The van der Waals surface area contributed by atoms with Gasteiger partial charge in [0, 0.05) is 12.2 Å². The third-order valence-corrected chi connectivity index (χ3v) is 4.32. The van der Waals surface area contributed by atoms with Crippen LogP contribution in [0.25, 0.3) is 17.2 Å². The smallest absolute Gasteiger partial charge is 0.335 e. The summed E-state index contributed by atoms with van der Waals surface area (Å²) in [5.41, 5.74) is 5.41. The number of hydrogen-bond acceptors (Lipinski definition) is 2. The number of aromatic carboxylic acids is 1. The molecule has 2 N–H and O–H groups in total. The summed E-state index contributed by atoms with van der Waals surface area (Å²) in [5, 5.41) is 18.0. The molecule has 0 aliphatic rings. The largest absolute Gasteiger partial charge is 0.478 e. The third kappa shape index (κ3) is 4.97. The number of carboxylic acids is 1. The molecule has 0 amide bonds. The molecule has 0 saturated carbocycles. The Kier molecular flexibility index (Phi) is 6.41. The second-order valence-corrected chi connectivity index (χ2v) is 6.24. The SMILES string of the molecule is O=C(O)c1ccc(C#C/C=C/c2ccccc2-c2ccc(CCO)cc2)cc1. The summed E-state index contributed by atoms with van der Waals surface area (Å²) in [6, 6.07) is 22.8. The number of carbonyl (C=O) groups is 1. The zero-order valence-corrected chi connectivity index (χ0v) is 15.3. The molecule has 0 atom stereocenters. The Balaban J connectivity index is 1.77. The zero-order valence-electron chi connectivity index (χ0n) is 15.3. The van der Waals surface area contributed by atoms with Gasteiger partial charge < -0.3 is 10.2 Å². The fraction of sp³-hybridized carbons (Fsp3) is 0.0800. The molecule has 0 heterocycles. The predicted molar refractivity (Wildman–Crippen MR) is 112 cm³/mol. The number of rotatable bonds is 5. The summed E-state index contributed by atoms with van der Waals surface area (Å²) in [5.74, 6) is 5.06. The van der Waals surface area contributed by atoms with Gasteiger partial charge in [-0.15, -0.1) is 0 Å². The van der Waals surface area contributed by atoms with E-state index in [1.807, 2.05) is 36.4 Å². The second-order valence-electron chi connectivity index (χ2n) is 6.24. The highest BCUT2D eigenvalue weighted by molar-refractivity contribution is 5.87. The molecule has 0 aliphatic carbocycles. The van der Waals surface area contributed by atoms with E-state index in [9.17, 15) is 4.79 Å². The van der Waals surface area contributed by atoms with E-state index in [-0.39, 0.29) is 12.2 Å². The van der Waals surface area contributed by atoms with Crippen molar-refractivity contribution in [3.05, 3.63) is 101 Å². The lowest BCUT2D eigenvalue weighted by Crippen LogP contribution is -1.94. The predicted octanol–water partition coefficient (Wildman–Crippen LogP) is 4.65. The van der Waals surface area contributed by atoms with Crippen molar-refractivity contribution in [1.82, 2.24) is 0 Å². The average molecular weight is 368 g/mol. The van der Waals surface area contributed by atoms with Crippen molar-refractivity contribution in [2.24, 2.45) is 0 Å².